The van der Waals surface area contributed by atoms with Gasteiger partial charge in [-0.1, -0.05) is 17.7 Å². The molecule has 1 aliphatic carbocycles. The molecule has 96 valence electrons. The Labute approximate surface area is 109 Å². The van der Waals surface area contributed by atoms with Crippen LogP contribution in [-0.2, 0) is 0 Å². The van der Waals surface area contributed by atoms with Crippen molar-refractivity contribution in [2.75, 3.05) is 18.5 Å². The van der Waals surface area contributed by atoms with E-state index in [0.29, 0.717) is 6.04 Å². The zero-order chi connectivity index (χ0) is 13.0. The van der Waals surface area contributed by atoms with Gasteiger partial charge >= 0.3 is 0 Å². The van der Waals surface area contributed by atoms with E-state index < -0.39 is 0 Å². The first-order valence-corrected chi connectivity index (χ1v) is 6.62. The third-order valence-electron chi connectivity index (χ3n) is 3.40. The standard InChI is InChI=1S/C15H21N3/c1-12-3-7-15(8-4-12)18(2)10-9-14(11-16)17-13-5-6-13/h3-4,7-8,13-14,17H,5-6,9-10H2,1-2H3. The smallest absolute Gasteiger partial charge is 0.0972 e. The molecule has 1 saturated carbocycles. The second-order valence-electron chi connectivity index (χ2n) is 5.17. The van der Waals surface area contributed by atoms with Crippen LogP contribution in [0.4, 0.5) is 5.69 Å². The van der Waals surface area contributed by atoms with Crippen molar-refractivity contribution in [3.63, 3.8) is 0 Å². The quantitative estimate of drug-likeness (QED) is 0.834. The normalized spacial score (nSPS) is 16.1. The van der Waals surface area contributed by atoms with E-state index in [1.807, 2.05) is 0 Å². The minimum absolute atomic E-state index is 0.00889. The van der Waals surface area contributed by atoms with E-state index in [9.17, 15) is 0 Å². The van der Waals surface area contributed by atoms with E-state index in [4.69, 9.17) is 5.26 Å². The maximum Gasteiger partial charge on any atom is 0.0972 e. The molecule has 0 amide bonds. The topological polar surface area (TPSA) is 39.1 Å². The van der Waals surface area contributed by atoms with Gasteiger partial charge < -0.3 is 4.90 Å². The summed E-state index contributed by atoms with van der Waals surface area (Å²) in [5.74, 6) is 0. The van der Waals surface area contributed by atoms with Crippen LogP contribution in [0.3, 0.4) is 0 Å². The van der Waals surface area contributed by atoms with Gasteiger partial charge in [-0.2, -0.15) is 5.26 Å². The number of rotatable bonds is 6. The molecule has 0 radical (unpaired) electrons. The first-order valence-electron chi connectivity index (χ1n) is 6.62. The van der Waals surface area contributed by atoms with Gasteiger partial charge in [0.25, 0.3) is 0 Å². The molecule has 0 saturated heterocycles. The summed E-state index contributed by atoms with van der Waals surface area (Å²) in [5, 5.41) is 12.5. The van der Waals surface area contributed by atoms with Crippen LogP contribution in [0.15, 0.2) is 24.3 Å². The first-order chi connectivity index (χ1) is 8.69. The largest absolute Gasteiger partial charge is 0.375 e. The minimum atomic E-state index is -0.00889. The molecule has 1 fully saturated rings. The van der Waals surface area contributed by atoms with Gasteiger partial charge in [0.2, 0.25) is 0 Å². The van der Waals surface area contributed by atoms with Crippen LogP contribution in [0.2, 0.25) is 0 Å². The number of hydrogen-bond acceptors (Lipinski definition) is 3. The van der Waals surface area contributed by atoms with Gasteiger partial charge in [-0.05, 0) is 38.3 Å². The van der Waals surface area contributed by atoms with E-state index in [1.165, 1.54) is 24.1 Å². The highest BCUT2D eigenvalue weighted by Crippen LogP contribution is 2.20. The minimum Gasteiger partial charge on any atom is -0.375 e. The Morgan fingerprint density at radius 1 is 1.39 bits per heavy atom. The van der Waals surface area contributed by atoms with Crippen LogP contribution in [0.1, 0.15) is 24.8 Å². The van der Waals surface area contributed by atoms with Crippen molar-refractivity contribution in [3.05, 3.63) is 29.8 Å². The molecule has 3 heteroatoms. The number of nitrogens with one attached hydrogen (secondary N) is 1. The summed E-state index contributed by atoms with van der Waals surface area (Å²) in [5.41, 5.74) is 2.49. The Balaban J connectivity index is 1.81. The highest BCUT2D eigenvalue weighted by molar-refractivity contribution is 5.46. The molecule has 0 aliphatic heterocycles. The Kier molecular flexibility index (Phi) is 4.22. The lowest BCUT2D eigenvalue weighted by atomic mass is 10.2. The van der Waals surface area contributed by atoms with E-state index in [0.717, 1.165) is 13.0 Å². The fourth-order valence-corrected chi connectivity index (χ4v) is 1.97. The fraction of sp³-hybridized carbons (Fsp3) is 0.533. The van der Waals surface area contributed by atoms with Gasteiger partial charge in [-0.3, -0.25) is 5.32 Å². The summed E-state index contributed by atoms with van der Waals surface area (Å²) in [6.07, 6.45) is 3.33. The number of aryl methyl sites for hydroxylation is 1. The zero-order valence-corrected chi connectivity index (χ0v) is 11.2. The molecule has 0 spiro atoms. The second-order valence-corrected chi connectivity index (χ2v) is 5.17. The molecular formula is C15H21N3. The second kappa shape index (κ2) is 5.88. The highest BCUT2D eigenvalue weighted by atomic mass is 15.1. The molecule has 1 N–H and O–H groups in total. The van der Waals surface area contributed by atoms with E-state index in [-0.39, 0.29) is 6.04 Å². The Morgan fingerprint density at radius 3 is 2.61 bits per heavy atom. The SMILES string of the molecule is Cc1ccc(N(C)CCC(C#N)NC2CC2)cc1. The summed E-state index contributed by atoms with van der Waals surface area (Å²) in [6.45, 7) is 3.00. The molecule has 0 heterocycles. The summed E-state index contributed by atoms with van der Waals surface area (Å²) < 4.78 is 0. The molecule has 18 heavy (non-hydrogen) atoms. The highest BCUT2D eigenvalue weighted by Gasteiger charge is 2.24. The number of nitrogens with zero attached hydrogens (tertiary/aromatic N) is 2. The lowest BCUT2D eigenvalue weighted by Gasteiger charge is -2.21. The van der Waals surface area contributed by atoms with E-state index in [2.05, 4.69) is 54.5 Å². The van der Waals surface area contributed by atoms with Crippen LogP contribution < -0.4 is 10.2 Å². The molecule has 2 rings (SSSR count). The average molecular weight is 243 g/mol. The van der Waals surface area contributed by atoms with Crippen molar-refractivity contribution >= 4 is 5.69 Å². The van der Waals surface area contributed by atoms with Crippen molar-refractivity contribution in [2.45, 2.75) is 38.3 Å². The number of hydrogen-bond donors (Lipinski definition) is 1. The first kappa shape index (κ1) is 12.9. The molecule has 1 aliphatic rings. The lowest BCUT2D eigenvalue weighted by Crippen LogP contribution is -2.33. The van der Waals surface area contributed by atoms with Crippen molar-refractivity contribution in [2.24, 2.45) is 0 Å². The molecule has 0 aromatic heterocycles. The average Bonchev–Trinajstić information content (AvgIpc) is 3.18. The number of anilines is 1. The summed E-state index contributed by atoms with van der Waals surface area (Å²) in [4.78, 5) is 2.21. The molecule has 0 bridgehead atoms. The summed E-state index contributed by atoms with van der Waals surface area (Å²) in [7, 11) is 2.08. The van der Waals surface area contributed by atoms with Crippen LogP contribution >= 0.6 is 0 Å². The maximum atomic E-state index is 9.09. The van der Waals surface area contributed by atoms with Crippen molar-refractivity contribution in [1.29, 1.82) is 5.26 Å². The molecule has 3 nitrogen and oxygen atoms in total. The van der Waals surface area contributed by atoms with Crippen LogP contribution in [0.25, 0.3) is 0 Å². The Bertz CT molecular complexity index is 414. The third-order valence-corrected chi connectivity index (χ3v) is 3.40. The Morgan fingerprint density at radius 2 is 2.06 bits per heavy atom. The monoisotopic (exact) mass is 243 g/mol. The fourth-order valence-electron chi connectivity index (χ4n) is 1.97. The van der Waals surface area contributed by atoms with E-state index in [1.54, 1.807) is 0 Å². The van der Waals surface area contributed by atoms with Gasteiger partial charge in [-0.15, -0.1) is 0 Å². The van der Waals surface area contributed by atoms with Crippen LogP contribution in [-0.4, -0.2) is 25.7 Å². The van der Waals surface area contributed by atoms with Crippen LogP contribution in [0, 0.1) is 18.3 Å². The van der Waals surface area contributed by atoms with Gasteiger partial charge in [0.15, 0.2) is 0 Å². The Hall–Kier alpha value is -1.53. The number of nitriles is 1. The number of benzene rings is 1. The van der Waals surface area contributed by atoms with Crippen molar-refractivity contribution in [3.8, 4) is 6.07 Å². The molecule has 1 aromatic rings. The predicted molar refractivity (Wildman–Crippen MR) is 74.6 cm³/mol. The summed E-state index contributed by atoms with van der Waals surface area (Å²) in [6, 6.07) is 11.4. The van der Waals surface area contributed by atoms with Gasteiger partial charge in [0, 0.05) is 25.3 Å². The van der Waals surface area contributed by atoms with E-state index >= 15 is 0 Å². The van der Waals surface area contributed by atoms with Crippen molar-refractivity contribution < 1.29 is 0 Å². The van der Waals surface area contributed by atoms with Crippen LogP contribution in [0.5, 0.6) is 0 Å². The van der Waals surface area contributed by atoms with Gasteiger partial charge in [0.05, 0.1) is 12.1 Å². The molecule has 1 aromatic carbocycles. The summed E-state index contributed by atoms with van der Waals surface area (Å²) >= 11 is 0. The van der Waals surface area contributed by atoms with Gasteiger partial charge in [-0.25, -0.2) is 0 Å². The molecular weight excluding hydrogens is 222 g/mol. The van der Waals surface area contributed by atoms with Crippen molar-refractivity contribution in [1.82, 2.24) is 5.32 Å². The third kappa shape index (κ3) is 3.75. The maximum absolute atomic E-state index is 9.09. The predicted octanol–water partition coefficient (Wildman–Crippen LogP) is 2.47. The lowest BCUT2D eigenvalue weighted by molar-refractivity contribution is 0.561. The molecule has 1 atom stereocenters. The zero-order valence-electron chi connectivity index (χ0n) is 11.2. The van der Waals surface area contributed by atoms with Gasteiger partial charge in [0.1, 0.15) is 0 Å². The molecule has 1 unspecified atom stereocenters.